The van der Waals surface area contributed by atoms with E-state index in [-0.39, 0.29) is 5.91 Å². The molecule has 1 aliphatic rings. The lowest BCUT2D eigenvalue weighted by Gasteiger charge is -2.14. The first kappa shape index (κ1) is 13.4. The average Bonchev–Trinajstić information content (AvgIpc) is 2.34. The summed E-state index contributed by atoms with van der Waals surface area (Å²) in [4.78, 5) is 11.7. The molecule has 0 unspecified atom stereocenters. The monoisotopic (exact) mass is 236 g/mol. The van der Waals surface area contributed by atoms with E-state index in [9.17, 15) is 4.79 Å². The standard InChI is InChI=1S/C13H20N2O2/c1-3-6-10-9-11(17-2)7-4-5-8-15-13(16)12(10)14/h4-5,7H,3,6,8-9,14H2,1-2H3,(H,15,16)/b5-4-,11-7+,12-10+. The van der Waals surface area contributed by atoms with Gasteiger partial charge in [-0.3, -0.25) is 4.79 Å². The molecule has 0 saturated carbocycles. The normalized spacial score (nSPS) is 26.7. The molecule has 0 saturated heterocycles. The van der Waals surface area contributed by atoms with Crippen molar-refractivity contribution in [2.45, 2.75) is 26.2 Å². The molecule has 0 fully saturated rings. The number of rotatable bonds is 3. The van der Waals surface area contributed by atoms with E-state index in [1.807, 2.05) is 18.2 Å². The molecule has 1 amide bonds. The second kappa shape index (κ2) is 6.78. The van der Waals surface area contributed by atoms with Crippen LogP contribution < -0.4 is 11.1 Å². The van der Waals surface area contributed by atoms with Gasteiger partial charge in [0.25, 0.3) is 5.91 Å². The number of hydrogen-bond donors (Lipinski definition) is 2. The van der Waals surface area contributed by atoms with Crippen LogP contribution in [-0.4, -0.2) is 19.6 Å². The molecule has 0 bridgehead atoms. The Bertz CT molecular complexity index is 368. The van der Waals surface area contributed by atoms with Crippen LogP contribution in [0.1, 0.15) is 26.2 Å². The molecule has 0 aromatic rings. The van der Waals surface area contributed by atoms with Crippen LogP contribution in [0.5, 0.6) is 0 Å². The minimum Gasteiger partial charge on any atom is -0.501 e. The molecule has 4 nitrogen and oxygen atoms in total. The van der Waals surface area contributed by atoms with Gasteiger partial charge in [0.15, 0.2) is 0 Å². The summed E-state index contributed by atoms with van der Waals surface area (Å²) in [5, 5.41) is 2.74. The highest BCUT2D eigenvalue weighted by Gasteiger charge is 2.13. The largest absolute Gasteiger partial charge is 0.501 e. The number of nitrogens with two attached hydrogens (primary N) is 1. The molecular weight excluding hydrogens is 216 g/mol. The van der Waals surface area contributed by atoms with E-state index in [1.54, 1.807) is 7.11 Å². The van der Waals surface area contributed by atoms with Crippen molar-refractivity contribution in [3.05, 3.63) is 35.3 Å². The SMILES string of the molecule is CCC/C1=C(\N)C(=O)NC/C=C\C=C(\OC)C1. The maximum absolute atomic E-state index is 11.7. The van der Waals surface area contributed by atoms with E-state index in [1.165, 1.54) is 0 Å². The molecule has 0 aliphatic carbocycles. The predicted molar refractivity (Wildman–Crippen MR) is 68.0 cm³/mol. The minimum absolute atomic E-state index is 0.199. The number of carbonyl (C=O) groups is 1. The molecule has 0 radical (unpaired) electrons. The number of allylic oxidation sites excluding steroid dienone is 3. The van der Waals surface area contributed by atoms with E-state index in [2.05, 4.69) is 12.2 Å². The smallest absolute Gasteiger partial charge is 0.267 e. The van der Waals surface area contributed by atoms with Crippen molar-refractivity contribution in [1.82, 2.24) is 5.32 Å². The van der Waals surface area contributed by atoms with Gasteiger partial charge in [0, 0.05) is 13.0 Å². The molecule has 4 heteroatoms. The molecule has 0 aromatic heterocycles. The first-order valence-corrected chi connectivity index (χ1v) is 5.84. The number of amides is 1. The van der Waals surface area contributed by atoms with E-state index in [0.29, 0.717) is 18.7 Å². The first-order chi connectivity index (χ1) is 8.19. The Hall–Kier alpha value is -1.71. The van der Waals surface area contributed by atoms with Gasteiger partial charge in [-0.2, -0.15) is 0 Å². The summed E-state index contributed by atoms with van der Waals surface area (Å²) in [6, 6.07) is 0. The highest BCUT2D eigenvalue weighted by molar-refractivity contribution is 5.93. The van der Waals surface area contributed by atoms with Gasteiger partial charge in [0.2, 0.25) is 0 Å². The molecule has 0 spiro atoms. The summed E-state index contributed by atoms with van der Waals surface area (Å²) in [6.45, 7) is 2.54. The minimum atomic E-state index is -0.199. The summed E-state index contributed by atoms with van der Waals surface area (Å²) in [6.07, 6.45) is 7.99. The Labute approximate surface area is 102 Å². The second-order valence-electron chi connectivity index (χ2n) is 3.92. The van der Waals surface area contributed by atoms with E-state index in [4.69, 9.17) is 10.5 Å². The van der Waals surface area contributed by atoms with Gasteiger partial charge in [-0.25, -0.2) is 0 Å². The number of nitrogens with one attached hydrogen (secondary N) is 1. The van der Waals surface area contributed by atoms with Crippen molar-refractivity contribution in [3.63, 3.8) is 0 Å². The molecule has 0 aromatic carbocycles. The topological polar surface area (TPSA) is 64.4 Å². The van der Waals surface area contributed by atoms with Crippen molar-refractivity contribution in [1.29, 1.82) is 0 Å². The lowest BCUT2D eigenvalue weighted by Crippen LogP contribution is -2.30. The van der Waals surface area contributed by atoms with Gasteiger partial charge < -0.3 is 15.8 Å². The Balaban J connectivity index is 3.02. The Morgan fingerprint density at radius 2 is 2.29 bits per heavy atom. The van der Waals surface area contributed by atoms with Crippen LogP contribution in [0.2, 0.25) is 0 Å². The lowest BCUT2D eigenvalue weighted by molar-refractivity contribution is -0.117. The average molecular weight is 236 g/mol. The van der Waals surface area contributed by atoms with Gasteiger partial charge in [0.05, 0.1) is 18.6 Å². The third-order valence-electron chi connectivity index (χ3n) is 2.63. The molecule has 1 aliphatic heterocycles. The van der Waals surface area contributed by atoms with Gasteiger partial charge >= 0.3 is 0 Å². The van der Waals surface area contributed by atoms with Crippen LogP contribution >= 0.6 is 0 Å². The van der Waals surface area contributed by atoms with Gasteiger partial charge in [-0.15, -0.1) is 0 Å². The Morgan fingerprint density at radius 1 is 1.53 bits per heavy atom. The summed E-state index contributed by atoms with van der Waals surface area (Å²) >= 11 is 0. The zero-order chi connectivity index (χ0) is 12.7. The predicted octanol–water partition coefficient (Wildman–Crippen LogP) is 1.61. The van der Waals surface area contributed by atoms with Crippen molar-refractivity contribution in [3.8, 4) is 0 Å². The fourth-order valence-corrected chi connectivity index (χ4v) is 1.68. The number of methoxy groups -OCH3 is 1. The molecule has 0 atom stereocenters. The quantitative estimate of drug-likeness (QED) is 0.782. The summed E-state index contributed by atoms with van der Waals surface area (Å²) in [5.41, 5.74) is 7.14. The van der Waals surface area contributed by atoms with Gasteiger partial charge in [0.1, 0.15) is 0 Å². The van der Waals surface area contributed by atoms with Gasteiger partial charge in [-0.1, -0.05) is 25.5 Å². The van der Waals surface area contributed by atoms with Crippen molar-refractivity contribution in [2.75, 3.05) is 13.7 Å². The fourth-order valence-electron chi connectivity index (χ4n) is 1.68. The zero-order valence-corrected chi connectivity index (χ0v) is 10.5. The van der Waals surface area contributed by atoms with Crippen molar-refractivity contribution < 1.29 is 9.53 Å². The van der Waals surface area contributed by atoms with Crippen LogP contribution in [0.3, 0.4) is 0 Å². The van der Waals surface area contributed by atoms with Crippen LogP contribution in [0.4, 0.5) is 0 Å². The summed E-state index contributed by atoms with van der Waals surface area (Å²) < 4.78 is 5.27. The Morgan fingerprint density at radius 3 is 2.94 bits per heavy atom. The molecule has 94 valence electrons. The molecular formula is C13H20N2O2. The number of ether oxygens (including phenoxy) is 1. The summed E-state index contributed by atoms with van der Waals surface area (Å²) in [5.74, 6) is 0.623. The van der Waals surface area contributed by atoms with Crippen molar-refractivity contribution >= 4 is 5.91 Å². The van der Waals surface area contributed by atoms with Crippen molar-refractivity contribution in [2.24, 2.45) is 5.73 Å². The number of carbonyl (C=O) groups excluding carboxylic acids is 1. The molecule has 3 N–H and O–H groups in total. The molecule has 1 rings (SSSR count). The van der Waals surface area contributed by atoms with Crippen LogP contribution in [-0.2, 0) is 9.53 Å². The third-order valence-corrected chi connectivity index (χ3v) is 2.63. The number of hydrogen-bond acceptors (Lipinski definition) is 3. The molecule has 17 heavy (non-hydrogen) atoms. The van der Waals surface area contributed by atoms with E-state index in [0.717, 1.165) is 24.2 Å². The van der Waals surface area contributed by atoms with E-state index >= 15 is 0 Å². The van der Waals surface area contributed by atoms with Crippen LogP contribution in [0, 0.1) is 0 Å². The highest BCUT2D eigenvalue weighted by atomic mass is 16.5. The lowest BCUT2D eigenvalue weighted by atomic mass is 10.0. The maximum Gasteiger partial charge on any atom is 0.267 e. The first-order valence-electron chi connectivity index (χ1n) is 5.84. The summed E-state index contributed by atoms with van der Waals surface area (Å²) in [7, 11) is 1.63. The third kappa shape index (κ3) is 3.98. The Kier molecular flexibility index (Phi) is 5.33. The fraction of sp³-hybridized carbons (Fsp3) is 0.462. The zero-order valence-electron chi connectivity index (χ0n) is 10.5. The van der Waals surface area contributed by atoms with E-state index < -0.39 is 0 Å². The van der Waals surface area contributed by atoms with Gasteiger partial charge in [-0.05, 0) is 18.1 Å². The van der Waals surface area contributed by atoms with Crippen LogP contribution in [0.25, 0.3) is 0 Å². The second-order valence-corrected chi connectivity index (χ2v) is 3.92. The molecule has 1 heterocycles. The van der Waals surface area contributed by atoms with Crippen LogP contribution in [0.15, 0.2) is 35.3 Å². The highest BCUT2D eigenvalue weighted by Crippen LogP contribution is 2.19. The maximum atomic E-state index is 11.7.